The van der Waals surface area contributed by atoms with E-state index in [1.54, 1.807) is 31.2 Å². The molecular weight excluding hydrogens is 430 g/mol. The largest absolute Gasteiger partial charge is 0.507 e. The summed E-state index contributed by atoms with van der Waals surface area (Å²) in [5.41, 5.74) is 0.0977. The number of aliphatic hydroxyl groups is 1. The first-order valence-electron chi connectivity index (χ1n) is 10.0. The number of nitro benzene ring substituents is 1. The highest BCUT2D eigenvalue weighted by molar-refractivity contribution is 6.51. The third-order valence-electron chi connectivity index (χ3n) is 5.14. The molecule has 33 heavy (non-hydrogen) atoms. The zero-order chi connectivity index (χ0) is 23.7. The first-order valence-corrected chi connectivity index (χ1v) is 10.0. The van der Waals surface area contributed by atoms with Gasteiger partial charge in [-0.25, -0.2) is 0 Å². The molecule has 0 spiro atoms. The van der Waals surface area contributed by atoms with Gasteiger partial charge in [0.1, 0.15) is 17.3 Å². The van der Waals surface area contributed by atoms with E-state index in [2.05, 4.69) is 5.16 Å². The van der Waals surface area contributed by atoms with Crippen molar-refractivity contribution in [1.29, 1.82) is 0 Å². The number of hydrogen-bond acceptors (Lipinski definition) is 8. The molecule has 1 aromatic heterocycles. The molecule has 10 nitrogen and oxygen atoms in total. The normalized spacial score (nSPS) is 17.4. The van der Waals surface area contributed by atoms with Crippen LogP contribution in [0.5, 0.6) is 5.75 Å². The van der Waals surface area contributed by atoms with E-state index in [-0.39, 0.29) is 28.2 Å². The summed E-state index contributed by atoms with van der Waals surface area (Å²) in [7, 11) is 0. The fourth-order valence-corrected chi connectivity index (χ4v) is 3.69. The standard InChI is InChI=1S/C23H19N3O7/c1-3-32-17-9-7-14(8-10-17)21(27)19-20(15-5-4-6-16(12-15)26(30)31)25(23(29)22(19)28)18-11-13(2)33-24-18/h4-12,20,27H,3H2,1-2H3. The highest BCUT2D eigenvalue weighted by atomic mass is 16.6. The summed E-state index contributed by atoms with van der Waals surface area (Å²) in [4.78, 5) is 37.9. The number of rotatable bonds is 6. The van der Waals surface area contributed by atoms with Crippen LogP contribution in [0.1, 0.15) is 29.9 Å². The topological polar surface area (TPSA) is 136 Å². The molecule has 1 amide bonds. The summed E-state index contributed by atoms with van der Waals surface area (Å²) in [6, 6.07) is 12.2. The van der Waals surface area contributed by atoms with Crippen molar-refractivity contribution in [2.24, 2.45) is 0 Å². The number of aromatic nitrogens is 1. The molecule has 2 aromatic carbocycles. The van der Waals surface area contributed by atoms with Gasteiger partial charge in [0.15, 0.2) is 5.82 Å². The number of non-ortho nitro benzene ring substituents is 1. The van der Waals surface area contributed by atoms with Crippen LogP contribution in [0.25, 0.3) is 5.76 Å². The summed E-state index contributed by atoms with van der Waals surface area (Å²) >= 11 is 0. The lowest BCUT2D eigenvalue weighted by Gasteiger charge is -2.22. The molecule has 1 saturated heterocycles. The van der Waals surface area contributed by atoms with Gasteiger partial charge in [-0.15, -0.1) is 0 Å². The van der Waals surface area contributed by atoms with E-state index in [1.807, 2.05) is 6.92 Å². The van der Waals surface area contributed by atoms with E-state index >= 15 is 0 Å². The van der Waals surface area contributed by atoms with E-state index in [1.165, 1.54) is 30.3 Å². The van der Waals surface area contributed by atoms with Crippen LogP contribution < -0.4 is 9.64 Å². The maximum Gasteiger partial charge on any atom is 0.301 e. The molecule has 0 bridgehead atoms. The second-order valence-electron chi connectivity index (χ2n) is 7.27. The van der Waals surface area contributed by atoms with Crippen molar-refractivity contribution < 1.29 is 28.9 Å². The highest BCUT2D eigenvalue weighted by Crippen LogP contribution is 2.42. The third kappa shape index (κ3) is 3.93. The number of Topliss-reactive ketones (excluding diaryl/α,β-unsaturated/α-hetero) is 1. The Balaban J connectivity index is 1.91. The van der Waals surface area contributed by atoms with Crippen molar-refractivity contribution in [1.82, 2.24) is 5.16 Å². The van der Waals surface area contributed by atoms with Gasteiger partial charge in [-0.05, 0) is 43.7 Å². The Bertz CT molecular complexity index is 1280. The number of aliphatic hydroxyl groups excluding tert-OH is 1. The smallest absolute Gasteiger partial charge is 0.301 e. The fraction of sp³-hybridized carbons (Fsp3) is 0.174. The van der Waals surface area contributed by atoms with Crippen LogP contribution in [-0.2, 0) is 9.59 Å². The molecule has 1 N–H and O–H groups in total. The molecule has 4 rings (SSSR count). The molecule has 1 atom stereocenters. The Morgan fingerprint density at radius 1 is 1.21 bits per heavy atom. The summed E-state index contributed by atoms with van der Waals surface area (Å²) in [6.45, 7) is 3.91. The summed E-state index contributed by atoms with van der Waals surface area (Å²) in [6.07, 6.45) is 0. The third-order valence-corrected chi connectivity index (χ3v) is 5.14. The minimum absolute atomic E-state index is 0.0526. The number of carbonyl (C=O) groups is 2. The van der Waals surface area contributed by atoms with Crippen LogP contribution in [0.4, 0.5) is 11.5 Å². The lowest BCUT2D eigenvalue weighted by Crippen LogP contribution is -2.29. The van der Waals surface area contributed by atoms with Crippen LogP contribution >= 0.6 is 0 Å². The van der Waals surface area contributed by atoms with Crippen LogP contribution in [0.2, 0.25) is 0 Å². The number of nitrogens with zero attached hydrogens (tertiary/aromatic N) is 3. The lowest BCUT2D eigenvalue weighted by atomic mass is 9.95. The quantitative estimate of drug-likeness (QED) is 0.197. The average Bonchev–Trinajstić information content (AvgIpc) is 3.34. The fourth-order valence-electron chi connectivity index (χ4n) is 3.69. The molecule has 1 fully saturated rings. The highest BCUT2D eigenvalue weighted by Gasteiger charge is 2.48. The van der Waals surface area contributed by atoms with E-state index in [4.69, 9.17) is 9.26 Å². The van der Waals surface area contributed by atoms with Gasteiger partial charge in [0.2, 0.25) is 0 Å². The zero-order valence-corrected chi connectivity index (χ0v) is 17.7. The Labute approximate surface area is 187 Å². The first-order chi connectivity index (χ1) is 15.8. The first kappa shape index (κ1) is 21.8. The van der Waals surface area contributed by atoms with Crippen LogP contribution in [0.3, 0.4) is 0 Å². The molecule has 2 heterocycles. The second kappa shape index (κ2) is 8.58. The number of benzene rings is 2. The predicted molar refractivity (Wildman–Crippen MR) is 117 cm³/mol. The summed E-state index contributed by atoms with van der Waals surface area (Å²) < 4.78 is 10.5. The van der Waals surface area contributed by atoms with Gasteiger partial charge in [-0.1, -0.05) is 17.3 Å². The maximum atomic E-state index is 13.1. The molecule has 168 valence electrons. The minimum atomic E-state index is -1.15. The summed E-state index contributed by atoms with van der Waals surface area (Å²) in [5.74, 6) is -1.28. The van der Waals surface area contributed by atoms with Crippen molar-refractivity contribution in [3.05, 3.63) is 87.2 Å². The van der Waals surface area contributed by atoms with Crippen LogP contribution in [0.15, 0.2) is 64.7 Å². The number of anilines is 1. The number of ether oxygens (including phenoxy) is 1. The second-order valence-corrected chi connectivity index (χ2v) is 7.27. The Hall–Kier alpha value is -4.47. The Kier molecular flexibility index (Phi) is 5.65. The van der Waals surface area contributed by atoms with Crippen LogP contribution in [-0.4, -0.2) is 33.5 Å². The number of aryl methyl sites for hydroxylation is 1. The van der Waals surface area contributed by atoms with Crippen molar-refractivity contribution in [2.45, 2.75) is 19.9 Å². The van der Waals surface area contributed by atoms with Gasteiger partial charge >= 0.3 is 5.91 Å². The van der Waals surface area contributed by atoms with Gasteiger partial charge in [0, 0.05) is 23.8 Å². The van der Waals surface area contributed by atoms with Gasteiger partial charge in [-0.2, -0.15) is 0 Å². The average molecular weight is 449 g/mol. The van der Waals surface area contributed by atoms with Crippen molar-refractivity contribution in [3.63, 3.8) is 0 Å². The molecular formula is C23H19N3O7. The van der Waals surface area contributed by atoms with Crippen molar-refractivity contribution in [2.75, 3.05) is 11.5 Å². The van der Waals surface area contributed by atoms with E-state index in [0.717, 1.165) is 4.90 Å². The zero-order valence-electron chi connectivity index (χ0n) is 17.7. The lowest BCUT2D eigenvalue weighted by molar-refractivity contribution is -0.384. The number of nitro groups is 1. The van der Waals surface area contributed by atoms with Crippen molar-refractivity contribution >= 4 is 29.0 Å². The number of amides is 1. The molecule has 0 aliphatic carbocycles. The SMILES string of the molecule is CCOc1ccc(C(O)=C2C(=O)C(=O)N(c3cc(C)on3)C2c2cccc([N+](=O)[O-])c2)cc1. The molecule has 1 unspecified atom stereocenters. The van der Waals surface area contributed by atoms with E-state index in [9.17, 15) is 24.8 Å². The number of hydrogen-bond donors (Lipinski definition) is 1. The van der Waals surface area contributed by atoms with Gasteiger partial charge < -0.3 is 14.4 Å². The number of carbonyl (C=O) groups excluding carboxylic acids is 2. The Morgan fingerprint density at radius 3 is 2.55 bits per heavy atom. The van der Waals surface area contributed by atoms with Crippen LogP contribution in [0, 0.1) is 17.0 Å². The molecule has 3 aromatic rings. The monoisotopic (exact) mass is 449 g/mol. The predicted octanol–water partition coefficient (Wildman–Crippen LogP) is 3.92. The van der Waals surface area contributed by atoms with Crippen molar-refractivity contribution in [3.8, 4) is 5.75 Å². The minimum Gasteiger partial charge on any atom is -0.507 e. The molecule has 1 aliphatic rings. The molecule has 0 saturated carbocycles. The summed E-state index contributed by atoms with van der Waals surface area (Å²) in [5, 5.41) is 26.2. The maximum absolute atomic E-state index is 13.1. The Morgan fingerprint density at radius 2 is 1.94 bits per heavy atom. The molecule has 10 heteroatoms. The van der Waals surface area contributed by atoms with Gasteiger partial charge in [0.25, 0.3) is 11.5 Å². The molecule has 1 aliphatic heterocycles. The number of ketones is 1. The van der Waals surface area contributed by atoms with E-state index in [0.29, 0.717) is 18.1 Å². The van der Waals surface area contributed by atoms with Gasteiger partial charge in [0.05, 0.1) is 23.1 Å². The molecule has 0 radical (unpaired) electrons. The van der Waals surface area contributed by atoms with E-state index < -0.39 is 28.4 Å². The van der Waals surface area contributed by atoms with Gasteiger partial charge in [-0.3, -0.25) is 24.6 Å².